The average Bonchev–Trinajstić information content (AvgIpc) is 2.93. The standard InChI is InChI=1S/C22H21F3N4O5S/c1-21(2)14-9-12(18(30)27-22(3)7-4-8-35(32,33)28-22)11-26-17(14)29(19(21)31)16-10-13(34-20(24)25)5-6-15(16)23/h4-6,8-11,20,28H,7H2,1-3H3,(H,27,30)/t22-/m1/s1. The molecular formula is C22H21F3N4O5S. The van der Waals surface area contributed by atoms with Crippen LogP contribution in [-0.4, -0.2) is 37.5 Å². The molecule has 0 spiro atoms. The number of carbonyl (C=O) groups is 2. The van der Waals surface area contributed by atoms with Gasteiger partial charge in [0.1, 0.15) is 23.0 Å². The number of hydrogen-bond acceptors (Lipinski definition) is 6. The smallest absolute Gasteiger partial charge is 0.387 e. The van der Waals surface area contributed by atoms with Crippen LogP contribution in [-0.2, 0) is 20.2 Å². The molecule has 2 aliphatic rings. The maximum absolute atomic E-state index is 14.7. The van der Waals surface area contributed by atoms with Gasteiger partial charge in [-0.05, 0) is 39.0 Å². The van der Waals surface area contributed by atoms with Crippen molar-refractivity contribution in [3.05, 3.63) is 58.9 Å². The highest BCUT2D eigenvalue weighted by Crippen LogP contribution is 2.45. The largest absolute Gasteiger partial charge is 0.435 e. The lowest BCUT2D eigenvalue weighted by molar-refractivity contribution is -0.121. The Kier molecular flexibility index (Phi) is 5.88. The minimum Gasteiger partial charge on any atom is -0.435 e. The normalized spacial score (nSPS) is 22.3. The predicted molar refractivity (Wildman–Crippen MR) is 119 cm³/mol. The molecular weight excluding hydrogens is 489 g/mol. The molecule has 1 aromatic carbocycles. The number of benzene rings is 1. The number of nitrogens with zero attached hydrogens (tertiary/aromatic N) is 2. The molecule has 0 fully saturated rings. The van der Waals surface area contributed by atoms with E-state index in [4.69, 9.17) is 0 Å². The van der Waals surface area contributed by atoms with Crippen LogP contribution in [0.4, 0.5) is 24.7 Å². The van der Waals surface area contributed by atoms with Crippen LogP contribution in [0, 0.1) is 5.82 Å². The van der Waals surface area contributed by atoms with Gasteiger partial charge in [0.15, 0.2) is 0 Å². The second kappa shape index (κ2) is 8.34. The van der Waals surface area contributed by atoms with Crippen molar-refractivity contribution in [1.29, 1.82) is 0 Å². The van der Waals surface area contributed by atoms with Crippen molar-refractivity contribution >= 4 is 33.3 Å². The molecule has 9 nitrogen and oxygen atoms in total. The Bertz CT molecular complexity index is 1360. The molecule has 0 bridgehead atoms. The number of ether oxygens (including phenoxy) is 1. The van der Waals surface area contributed by atoms with Gasteiger partial charge in [0.2, 0.25) is 15.9 Å². The zero-order chi connectivity index (χ0) is 25.8. The second-order valence-corrected chi connectivity index (χ2v) is 10.4. The number of pyridine rings is 1. The summed E-state index contributed by atoms with van der Waals surface area (Å²) in [5.41, 5.74) is -2.53. The monoisotopic (exact) mass is 510 g/mol. The van der Waals surface area contributed by atoms with Gasteiger partial charge >= 0.3 is 6.61 Å². The fraction of sp³-hybridized carbons (Fsp3) is 0.318. The molecule has 0 saturated heterocycles. The Morgan fingerprint density at radius 2 is 1.97 bits per heavy atom. The van der Waals surface area contributed by atoms with Gasteiger partial charge in [-0.25, -0.2) is 17.8 Å². The first-order chi connectivity index (χ1) is 16.2. The van der Waals surface area contributed by atoms with E-state index in [1.165, 1.54) is 19.1 Å². The summed E-state index contributed by atoms with van der Waals surface area (Å²) in [6, 6.07) is 4.28. The lowest BCUT2D eigenvalue weighted by atomic mass is 9.86. The van der Waals surface area contributed by atoms with Crippen LogP contribution in [0.5, 0.6) is 5.75 Å². The quantitative estimate of drug-likeness (QED) is 0.639. The molecule has 186 valence electrons. The maximum atomic E-state index is 14.7. The molecule has 0 saturated carbocycles. The molecule has 4 rings (SSSR count). The number of sulfonamides is 1. The van der Waals surface area contributed by atoms with E-state index in [1.807, 2.05) is 0 Å². The van der Waals surface area contributed by atoms with Crippen molar-refractivity contribution in [3.63, 3.8) is 0 Å². The second-order valence-electron chi connectivity index (χ2n) is 8.86. The molecule has 1 aromatic heterocycles. The van der Waals surface area contributed by atoms with Crippen LogP contribution < -0.4 is 19.7 Å². The van der Waals surface area contributed by atoms with Crippen LogP contribution in [0.15, 0.2) is 41.9 Å². The molecule has 13 heteroatoms. The number of hydrogen-bond donors (Lipinski definition) is 2. The van der Waals surface area contributed by atoms with Gasteiger partial charge < -0.3 is 10.1 Å². The highest BCUT2D eigenvalue weighted by molar-refractivity contribution is 7.92. The molecule has 0 radical (unpaired) electrons. The number of amides is 2. The first-order valence-corrected chi connectivity index (χ1v) is 11.9. The third kappa shape index (κ3) is 4.60. The van der Waals surface area contributed by atoms with E-state index in [2.05, 4.69) is 19.8 Å². The van der Waals surface area contributed by atoms with Crippen LogP contribution in [0.25, 0.3) is 0 Å². The average molecular weight is 510 g/mol. The number of fused-ring (bicyclic) bond motifs is 1. The Balaban J connectivity index is 1.70. The molecule has 35 heavy (non-hydrogen) atoms. The van der Waals surface area contributed by atoms with Crippen LogP contribution in [0.2, 0.25) is 0 Å². The highest BCUT2D eigenvalue weighted by Gasteiger charge is 2.47. The summed E-state index contributed by atoms with van der Waals surface area (Å²) in [5.74, 6) is -2.43. The van der Waals surface area contributed by atoms with Crippen LogP contribution in [0.3, 0.4) is 0 Å². The number of halogens is 3. The number of alkyl halides is 2. The van der Waals surface area contributed by atoms with E-state index < -0.39 is 45.3 Å². The maximum Gasteiger partial charge on any atom is 0.387 e. The Morgan fingerprint density at radius 3 is 2.63 bits per heavy atom. The van der Waals surface area contributed by atoms with Gasteiger partial charge in [-0.2, -0.15) is 13.5 Å². The highest BCUT2D eigenvalue weighted by atomic mass is 32.2. The van der Waals surface area contributed by atoms with Crippen molar-refractivity contribution in [2.75, 3.05) is 4.90 Å². The summed E-state index contributed by atoms with van der Waals surface area (Å²) >= 11 is 0. The zero-order valence-corrected chi connectivity index (χ0v) is 19.6. The van der Waals surface area contributed by atoms with Gasteiger partial charge in [-0.15, -0.1) is 0 Å². The first-order valence-electron chi connectivity index (χ1n) is 10.3. The molecule has 0 unspecified atom stereocenters. The summed E-state index contributed by atoms with van der Waals surface area (Å²) in [6.45, 7) is 1.46. The number of aromatic nitrogens is 1. The third-order valence-electron chi connectivity index (χ3n) is 5.69. The summed E-state index contributed by atoms with van der Waals surface area (Å²) < 4.78 is 70.3. The van der Waals surface area contributed by atoms with Crippen molar-refractivity contribution in [2.24, 2.45) is 0 Å². The van der Waals surface area contributed by atoms with E-state index >= 15 is 0 Å². The molecule has 0 aliphatic carbocycles. The molecule has 2 amide bonds. The van der Waals surface area contributed by atoms with E-state index in [9.17, 15) is 31.2 Å². The molecule has 2 aromatic rings. The minimum absolute atomic E-state index is 0.0251. The molecule has 2 N–H and O–H groups in total. The van der Waals surface area contributed by atoms with Crippen molar-refractivity contribution in [2.45, 2.75) is 44.9 Å². The number of carbonyl (C=O) groups excluding carboxylic acids is 2. The van der Waals surface area contributed by atoms with Gasteiger partial charge in [-0.1, -0.05) is 6.08 Å². The predicted octanol–water partition coefficient (Wildman–Crippen LogP) is 3.06. The number of rotatable bonds is 5. The summed E-state index contributed by atoms with van der Waals surface area (Å²) in [6.07, 6.45) is 2.77. The van der Waals surface area contributed by atoms with Gasteiger partial charge in [0.25, 0.3) is 5.91 Å². The zero-order valence-electron chi connectivity index (χ0n) is 18.8. The van der Waals surface area contributed by atoms with Gasteiger partial charge in [-0.3, -0.25) is 14.5 Å². The summed E-state index contributed by atoms with van der Waals surface area (Å²) in [4.78, 5) is 31.3. The fourth-order valence-electron chi connectivity index (χ4n) is 3.97. The minimum atomic E-state index is -3.71. The van der Waals surface area contributed by atoms with E-state index in [0.29, 0.717) is 5.56 Å². The molecule has 2 aliphatic heterocycles. The number of anilines is 2. The topological polar surface area (TPSA) is 118 Å². The van der Waals surface area contributed by atoms with Crippen molar-refractivity contribution < 1.29 is 35.9 Å². The Labute approximate surface area is 199 Å². The van der Waals surface area contributed by atoms with Crippen LogP contribution >= 0.6 is 0 Å². The van der Waals surface area contributed by atoms with E-state index in [-0.39, 0.29) is 29.2 Å². The SMILES string of the molecule is CC1(C)C(=O)N(c2cc(OC(F)F)ccc2F)c2ncc(C(=O)N[C@@]3(C)CC=CS(=O)(=O)N3)cc21. The lowest BCUT2D eigenvalue weighted by Gasteiger charge is -2.32. The van der Waals surface area contributed by atoms with Gasteiger partial charge in [0, 0.05) is 29.7 Å². The third-order valence-corrected chi connectivity index (χ3v) is 6.98. The van der Waals surface area contributed by atoms with E-state index in [1.54, 1.807) is 13.8 Å². The van der Waals surface area contributed by atoms with Crippen LogP contribution in [0.1, 0.15) is 43.1 Å². The fourth-order valence-corrected chi connectivity index (χ4v) is 5.15. The Hall–Kier alpha value is -3.45. The Morgan fingerprint density at radius 1 is 1.26 bits per heavy atom. The molecule has 3 heterocycles. The number of nitrogens with one attached hydrogen (secondary N) is 2. The summed E-state index contributed by atoms with van der Waals surface area (Å²) in [7, 11) is -3.71. The summed E-state index contributed by atoms with van der Waals surface area (Å²) in [5, 5.41) is 3.61. The first kappa shape index (κ1) is 24.7. The van der Waals surface area contributed by atoms with Crippen molar-refractivity contribution in [1.82, 2.24) is 15.0 Å². The van der Waals surface area contributed by atoms with Crippen molar-refractivity contribution in [3.8, 4) is 5.75 Å². The van der Waals surface area contributed by atoms with E-state index in [0.717, 1.165) is 34.7 Å². The molecule has 1 atom stereocenters. The van der Waals surface area contributed by atoms with Gasteiger partial charge in [0.05, 0.1) is 16.7 Å². The lowest BCUT2D eigenvalue weighted by Crippen LogP contribution is -2.59.